The number of halogens is 1. The summed E-state index contributed by atoms with van der Waals surface area (Å²) in [6, 6.07) is 4.72. The average molecular weight is 335 g/mol. The van der Waals surface area contributed by atoms with Gasteiger partial charge in [-0.3, -0.25) is 0 Å². The van der Waals surface area contributed by atoms with Crippen molar-refractivity contribution in [3.05, 3.63) is 22.7 Å². The van der Waals surface area contributed by atoms with Crippen LogP contribution in [-0.4, -0.2) is 15.0 Å². The fourth-order valence-electron chi connectivity index (χ4n) is 1.39. The molecule has 0 fully saturated rings. The Labute approximate surface area is 117 Å². The van der Waals surface area contributed by atoms with Gasteiger partial charge in [0.05, 0.1) is 4.90 Å². The second kappa shape index (κ2) is 5.59. The molecule has 1 aromatic carbocycles. The quantitative estimate of drug-likeness (QED) is 0.889. The van der Waals surface area contributed by atoms with Gasteiger partial charge in [0, 0.05) is 16.7 Å². The Balaban J connectivity index is 2.75. The standard InChI is InChI=1S/C12H19BrN2O2S/c1-12(2,3)6-7-15-11-5-4-9(8-10(11)13)18(14,16)17/h4-5,8,15H,6-7H2,1-3H3,(H2,14,16,17). The molecule has 0 aromatic heterocycles. The van der Waals surface area contributed by atoms with Crippen molar-refractivity contribution in [2.45, 2.75) is 32.1 Å². The third kappa shape index (κ3) is 4.96. The molecule has 0 heterocycles. The fraction of sp³-hybridized carbons (Fsp3) is 0.500. The summed E-state index contributed by atoms with van der Waals surface area (Å²) in [5.74, 6) is 0. The van der Waals surface area contributed by atoms with E-state index in [4.69, 9.17) is 5.14 Å². The zero-order valence-corrected chi connectivity index (χ0v) is 13.2. The van der Waals surface area contributed by atoms with E-state index in [0.717, 1.165) is 18.7 Å². The highest BCUT2D eigenvalue weighted by Crippen LogP contribution is 2.26. The molecule has 0 aliphatic heterocycles. The summed E-state index contributed by atoms with van der Waals surface area (Å²) in [5, 5.41) is 8.33. The van der Waals surface area contributed by atoms with Gasteiger partial charge < -0.3 is 5.32 Å². The fourth-order valence-corrected chi connectivity index (χ4v) is 2.60. The van der Waals surface area contributed by atoms with Gasteiger partial charge in [-0.05, 0) is 46.0 Å². The summed E-state index contributed by atoms with van der Waals surface area (Å²) in [6.45, 7) is 7.35. The van der Waals surface area contributed by atoms with Crippen molar-refractivity contribution >= 4 is 31.6 Å². The number of rotatable bonds is 4. The van der Waals surface area contributed by atoms with E-state index in [0.29, 0.717) is 4.47 Å². The largest absolute Gasteiger partial charge is 0.384 e. The molecule has 0 bridgehead atoms. The van der Waals surface area contributed by atoms with Crippen LogP contribution in [0.2, 0.25) is 0 Å². The van der Waals surface area contributed by atoms with E-state index >= 15 is 0 Å². The molecule has 0 saturated heterocycles. The van der Waals surface area contributed by atoms with Gasteiger partial charge in [-0.15, -0.1) is 0 Å². The van der Waals surface area contributed by atoms with Gasteiger partial charge in [0.1, 0.15) is 0 Å². The van der Waals surface area contributed by atoms with E-state index in [1.54, 1.807) is 6.07 Å². The number of benzene rings is 1. The first-order valence-corrected chi connectivity index (χ1v) is 8.00. The van der Waals surface area contributed by atoms with Crippen LogP contribution in [0.5, 0.6) is 0 Å². The Kier molecular flexibility index (Phi) is 4.80. The SMILES string of the molecule is CC(C)(C)CCNc1ccc(S(N)(=O)=O)cc1Br. The number of primary sulfonamides is 1. The summed E-state index contributed by atoms with van der Waals surface area (Å²) in [6.07, 6.45) is 1.02. The van der Waals surface area contributed by atoms with E-state index in [2.05, 4.69) is 42.0 Å². The summed E-state index contributed by atoms with van der Waals surface area (Å²) >= 11 is 3.34. The highest BCUT2D eigenvalue weighted by atomic mass is 79.9. The highest BCUT2D eigenvalue weighted by Gasteiger charge is 2.12. The molecule has 1 rings (SSSR count). The van der Waals surface area contributed by atoms with Crippen molar-refractivity contribution in [2.75, 3.05) is 11.9 Å². The number of hydrogen-bond acceptors (Lipinski definition) is 3. The molecule has 0 atom stereocenters. The van der Waals surface area contributed by atoms with Crippen molar-refractivity contribution in [1.29, 1.82) is 0 Å². The number of nitrogens with one attached hydrogen (secondary N) is 1. The van der Waals surface area contributed by atoms with E-state index < -0.39 is 10.0 Å². The number of sulfonamides is 1. The maximum Gasteiger partial charge on any atom is 0.238 e. The molecule has 0 unspecified atom stereocenters. The monoisotopic (exact) mass is 334 g/mol. The predicted octanol–water partition coefficient (Wildman–Crippen LogP) is 2.94. The zero-order valence-electron chi connectivity index (χ0n) is 10.8. The summed E-state index contributed by atoms with van der Waals surface area (Å²) in [4.78, 5) is 0.107. The third-order valence-corrected chi connectivity index (χ3v) is 4.03. The van der Waals surface area contributed by atoms with Crippen LogP contribution in [0.1, 0.15) is 27.2 Å². The molecule has 4 nitrogen and oxygen atoms in total. The Hall–Kier alpha value is -0.590. The molecule has 102 valence electrons. The van der Waals surface area contributed by atoms with Crippen LogP contribution in [-0.2, 0) is 10.0 Å². The molecule has 0 saturated carbocycles. The number of nitrogens with two attached hydrogens (primary N) is 1. The van der Waals surface area contributed by atoms with Gasteiger partial charge in [-0.1, -0.05) is 20.8 Å². The Bertz CT molecular complexity index is 521. The van der Waals surface area contributed by atoms with Crippen LogP contribution in [0.3, 0.4) is 0 Å². The van der Waals surface area contributed by atoms with E-state index in [9.17, 15) is 8.42 Å². The second-order valence-corrected chi connectivity index (χ2v) is 7.84. The maximum atomic E-state index is 11.2. The van der Waals surface area contributed by atoms with Crippen LogP contribution < -0.4 is 10.5 Å². The Morgan fingerprint density at radius 1 is 1.33 bits per heavy atom. The minimum absolute atomic E-state index is 0.107. The zero-order chi connectivity index (χ0) is 14.0. The molecule has 6 heteroatoms. The van der Waals surface area contributed by atoms with Crippen molar-refractivity contribution in [2.24, 2.45) is 10.6 Å². The van der Waals surface area contributed by atoms with Gasteiger partial charge in [-0.25, -0.2) is 13.6 Å². The highest BCUT2D eigenvalue weighted by molar-refractivity contribution is 9.10. The van der Waals surface area contributed by atoms with Crippen LogP contribution in [0.25, 0.3) is 0 Å². The van der Waals surface area contributed by atoms with Crippen molar-refractivity contribution < 1.29 is 8.42 Å². The number of anilines is 1. The van der Waals surface area contributed by atoms with Crippen LogP contribution >= 0.6 is 15.9 Å². The van der Waals surface area contributed by atoms with Gasteiger partial charge in [0.2, 0.25) is 10.0 Å². The smallest absolute Gasteiger partial charge is 0.238 e. The molecular weight excluding hydrogens is 316 g/mol. The molecule has 1 aromatic rings. The van der Waals surface area contributed by atoms with Gasteiger partial charge in [0.15, 0.2) is 0 Å². The lowest BCUT2D eigenvalue weighted by atomic mass is 9.92. The maximum absolute atomic E-state index is 11.2. The second-order valence-electron chi connectivity index (χ2n) is 5.42. The first-order chi connectivity index (χ1) is 8.09. The molecule has 0 spiro atoms. The summed E-state index contributed by atoms with van der Waals surface area (Å²) in [5.41, 5.74) is 1.13. The van der Waals surface area contributed by atoms with E-state index in [-0.39, 0.29) is 10.3 Å². The lowest BCUT2D eigenvalue weighted by Gasteiger charge is -2.19. The average Bonchev–Trinajstić information content (AvgIpc) is 2.17. The van der Waals surface area contributed by atoms with Gasteiger partial charge >= 0.3 is 0 Å². The van der Waals surface area contributed by atoms with Gasteiger partial charge in [-0.2, -0.15) is 0 Å². The molecule has 3 N–H and O–H groups in total. The first-order valence-electron chi connectivity index (χ1n) is 5.66. The molecular formula is C12H19BrN2O2S. The lowest BCUT2D eigenvalue weighted by Crippen LogP contribution is -2.14. The summed E-state index contributed by atoms with van der Waals surface area (Å²) < 4.78 is 23.1. The summed E-state index contributed by atoms with van der Waals surface area (Å²) in [7, 11) is -3.64. The van der Waals surface area contributed by atoms with Crippen LogP contribution in [0.15, 0.2) is 27.6 Å². The predicted molar refractivity (Wildman–Crippen MR) is 78.1 cm³/mol. The van der Waals surface area contributed by atoms with Crippen LogP contribution in [0, 0.1) is 5.41 Å². The minimum atomic E-state index is -3.64. The van der Waals surface area contributed by atoms with Crippen molar-refractivity contribution in [1.82, 2.24) is 0 Å². The lowest BCUT2D eigenvalue weighted by molar-refractivity contribution is 0.390. The Morgan fingerprint density at radius 3 is 2.39 bits per heavy atom. The molecule has 0 aliphatic carbocycles. The normalized spacial score (nSPS) is 12.5. The Morgan fingerprint density at radius 2 is 1.94 bits per heavy atom. The van der Waals surface area contributed by atoms with E-state index in [1.165, 1.54) is 12.1 Å². The molecule has 0 amide bonds. The van der Waals surface area contributed by atoms with Crippen LogP contribution in [0.4, 0.5) is 5.69 Å². The topological polar surface area (TPSA) is 72.2 Å². The first kappa shape index (κ1) is 15.5. The molecule has 0 aliphatic rings. The number of hydrogen-bond donors (Lipinski definition) is 2. The van der Waals surface area contributed by atoms with E-state index in [1.807, 2.05) is 0 Å². The van der Waals surface area contributed by atoms with Crippen molar-refractivity contribution in [3.8, 4) is 0 Å². The minimum Gasteiger partial charge on any atom is -0.384 e. The van der Waals surface area contributed by atoms with Crippen molar-refractivity contribution in [3.63, 3.8) is 0 Å². The van der Waals surface area contributed by atoms with Gasteiger partial charge in [0.25, 0.3) is 0 Å². The third-order valence-electron chi connectivity index (χ3n) is 2.46. The molecule has 18 heavy (non-hydrogen) atoms. The molecule has 0 radical (unpaired) electrons.